The van der Waals surface area contributed by atoms with E-state index < -0.39 is 5.97 Å². The normalized spacial score (nSPS) is 10.5. The molecule has 0 bridgehead atoms. The molecule has 0 radical (unpaired) electrons. The Morgan fingerprint density at radius 3 is 2.64 bits per heavy atom. The van der Waals surface area contributed by atoms with Crippen molar-refractivity contribution in [1.82, 2.24) is 10.2 Å². The number of hydrogen-bond acceptors (Lipinski definition) is 6. The van der Waals surface area contributed by atoms with Crippen LogP contribution in [0.4, 0.5) is 0 Å². The van der Waals surface area contributed by atoms with E-state index in [0.717, 1.165) is 10.0 Å². The predicted molar refractivity (Wildman–Crippen MR) is 94.2 cm³/mol. The van der Waals surface area contributed by atoms with Crippen LogP contribution in [0, 0.1) is 0 Å². The molecular formula is C18H15BrN2O4. The van der Waals surface area contributed by atoms with E-state index in [1.54, 1.807) is 24.3 Å². The zero-order valence-corrected chi connectivity index (χ0v) is 15.0. The van der Waals surface area contributed by atoms with Gasteiger partial charge in [-0.15, -0.1) is 10.2 Å². The fourth-order valence-electron chi connectivity index (χ4n) is 2.14. The fourth-order valence-corrected chi connectivity index (χ4v) is 2.41. The molecule has 0 saturated heterocycles. The molecule has 2 aromatic carbocycles. The molecule has 1 aromatic heterocycles. The predicted octanol–water partition coefficient (Wildman–Crippen LogP) is 4.25. The van der Waals surface area contributed by atoms with Crippen LogP contribution in [0.5, 0.6) is 5.75 Å². The van der Waals surface area contributed by atoms with Crippen LogP contribution in [-0.4, -0.2) is 22.8 Å². The second kappa shape index (κ2) is 7.94. The SMILES string of the molecule is CCOc1ccccc1C(=O)OCc1nnc(-c2ccc(Br)cc2)o1. The van der Waals surface area contributed by atoms with Crippen molar-refractivity contribution in [2.24, 2.45) is 0 Å². The van der Waals surface area contributed by atoms with Gasteiger partial charge in [0, 0.05) is 10.0 Å². The molecule has 0 spiro atoms. The van der Waals surface area contributed by atoms with E-state index in [-0.39, 0.29) is 12.5 Å². The number of aromatic nitrogens is 2. The summed E-state index contributed by atoms with van der Waals surface area (Å²) in [5.74, 6) is 0.567. The summed E-state index contributed by atoms with van der Waals surface area (Å²) in [6.07, 6.45) is 0. The van der Waals surface area contributed by atoms with Crippen molar-refractivity contribution in [3.05, 3.63) is 64.5 Å². The van der Waals surface area contributed by atoms with Crippen LogP contribution < -0.4 is 4.74 Å². The largest absolute Gasteiger partial charge is 0.493 e. The highest BCUT2D eigenvalue weighted by atomic mass is 79.9. The Hall–Kier alpha value is -2.67. The molecule has 0 atom stereocenters. The van der Waals surface area contributed by atoms with E-state index in [0.29, 0.717) is 23.8 Å². The molecular weight excluding hydrogens is 388 g/mol. The summed E-state index contributed by atoms with van der Waals surface area (Å²) in [6.45, 7) is 2.21. The highest BCUT2D eigenvalue weighted by Crippen LogP contribution is 2.22. The summed E-state index contributed by atoms with van der Waals surface area (Å²) in [4.78, 5) is 12.2. The van der Waals surface area contributed by atoms with Gasteiger partial charge in [0.1, 0.15) is 11.3 Å². The summed E-state index contributed by atoms with van der Waals surface area (Å²) < 4.78 is 17.2. The molecule has 0 aliphatic carbocycles. The lowest BCUT2D eigenvalue weighted by Gasteiger charge is -2.08. The number of rotatable bonds is 6. The summed E-state index contributed by atoms with van der Waals surface area (Å²) in [5.41, 5.74) is 1.15. The molecule has 0 N–H and O–H groups in total. The van der Waals surface area contributed by atoms with E-state index in [4.69, 9.17) is 13.9 Å². The third-order valence-electron chi connectivity index (χ3n) is 3.29. The van der Waals surface area contributed by atoms with Crippen LogP contribution in [-0.2, 0) is 11.3 Å². The van der Waals surface area contributed by atoms with Gasteiger partial charge in [0.15, 0.2) is 6.61 Å². The molecule has 3 aromatic rings. The van der Waals surface area contributed by atoms with Crippen molar-refractivity contribution in [1.29, 1.82) is 0 Å². The van der Waals surface area contributed by atoms with E-state index in [1.165, 1.54) is 0 Å². The highest BCUT2D eigenvalue weighted by Gasteiger charge is 2.15. The Morgan fingerprint density at radius 2 is 1.88 bits per heavy atom. The molecule has 128 valence electrons. The van der Waals surface area contributed by atoms with Crippen LogP contribution in [0.15, 0.2) is 57.4 Å². The van der Waals surface area contributed by atoms with E-state index in [1.807, 2.05) is 31.2 Å². The van der Waals surface area contributed by atoms with Crippen LogP contribution in [0.1, 0.15) is 23.2 Å². The number of nitrogens with zero attached hydrogens (tertiary/aromatic N) is 2. The first kappa shape index (κ1) is 17.2. The van der Waals surface area contributed by atoms with Gasteiger partial charge in [0.05, 0.1) is 6.61 Å². The molecule has 0 aliphatic rings. The zero-order valence-electron chi connectivity index (χ0n) is 13.4. The molecule has 7 heteroatoms. The van der Waals surface area contributed by atoms with Gasteiger partial charge in [-0.2, -0.15) is 0 Å². The molecule has 0 amide bonds. The van der Waals surface area contributed by atoms with Crippen molar-refractivity contribution in [3.8, 4) is 17.2 Å². The Bertz CT molecular complexity index is 862. The maximum absolute atomic E-state index is 12.2. The second-order valence-electron chi connectivity index (χ2n) is 5.01. The second-order valence-corrected chi connectivity index (χ2v) is 5.93. The third-order valence-corrected chi connectivity index (χ3v) is 3.82. The standard InChI is InChI=1S/C18H15BrN2O4/c1-2-23-15-6-4-3-5-14(15)18(22)24-11-16-20-21-17(25-16)12-7-9-13(19)10-8-12/h3-10H,2,11H2,1H3. The number of hydrogen-bond donors (Lipinski definition) is 0. The first-order valence-electron chi connectivity index (χ1n) is 7.64. The van der Waals surface area contributed by atoms with Crippen LogP contribution in [0.3, 0.4) is 0 Å². The molecule has 0 saturated carbocycles. The molecule has 3 rings (SSSR count). The Kier molecular flexibility index (Phi) is 5.45. The summed E-state index contributed by atoms with van der Waals surface area (Å²) >= 11 is 3.37. The van der Waals surface area contributed by atoms with Gasteiger partial charge >= 0.3 is 5.97 Å². The molecule has 25 heavy (non-hydrogen) atoms. The molecule has 0 fully saturated rings. The lowest BCUT2D eigenvalue weighted by molar-refractivity contribution is 0.0434. The van der Waals surface area contributed by atoms with E-state index in [2.05, 4.69) is 26.1 Å². The molecule has 0 aliphatic heterocycles. The number of ether oxygens (including phenoxy) is 2. The lowest BCUT2D eigenvalue weighted by Crippen LogP contribution is -2.08. The quantitative estimate of drug-likeness (QED) is 0.573. The first-order chi connectivity index (χ1) is 12.2. The number of benzene rings is 2. The summed E-state index contributed by atoms with van der Waals surface area (Å²) in [6, 6.07) is 14.4. The van der Waals surface area contributed by atoms with Gasteiger partial charge in [0.25, 0.3) is 5.89 Å². The van der Waals surface area contributed by atoms with Crippen LogP contribution in [0.2, 0.25) is 0 Å². The number of esters is 1. The maximum Gasteiger partial charge on any atom is 0.342 e. The van der Waals surface area contributed by atoms with Gasteiger partial charge < -0.3 is 13.9 Å². The average Bonchev–Trinajstić information content (AvgIpc) is 3.10. The van der Waals surface area contributed by atoms with Gasteiger partial charge in [-0.05, 0) is 43.3 Å². The summed E-state index contributed by atoms with van der Waals surface area (Å²) in [5, 5.41) is 7.87. The number of halogens is 1. The number of carbonyl (C=O) groups excluding carboxylic acids is 1. The van der Waals surface area contributed by atoms with Gasteiger partial charge in [-0.3, -0.25) is 0 Å². The Labute approximate surface area is 152 Å². The van der Waals surface area contributed by atoms with E-state index >= 15 is 0 Å². The zero-order chi connectivity index (χ0) is 17.6. The number of para-hydroxylation sites is 1. The van der Waals surface area contributed by atoms with Gasteiger partial charge in [-0.25, -0.2) is 4.79 Å². The van der Waals surface area contributed by atoms with Crippen molar-refractivity contribution in [3.63, 3.8) is 0 Å². The smallest absolute Gasteiger partial charge is 0.342 e. The maximum atomic E-state index is 12.2. The number of carbonyl (C=O) groups is 1. The summed E-state index contributed by atoms with van der Waals surface area (Å²) in [7, 11) is 0. The highest BCUT2D eigenvalue weighted by molar-refractivity contribution is 9.10. The third kappa shape index (κ3) is 4.24. The monoisotopic (exact) mass is 402 g/mol. The average molecular weight is 403 g/mol. The topological polar surface area (TPSA) is 74.5 Å². The van der Waals surface area contributed by atoms with Crippen molar-refractivity contribution >= 4 is 21.9 Å². The Morgan fingerprint density at radius 1 is 1.12 bits per heavy atom. The minimum absolute atomic E-state index is 0.108. The van der Waals surface area contributed by atoms with E-state index in [9.17, 15) is 4.79 Å². The van der Waals surface area contributed by atoms with Crippen LogP contribution >= 0.6 is 15.9 Å². The molecule has 1 heterocycles. The van der Waals surface area contributed by atoms with Gasteiger partial charge in [0.2, 0.25) is 5.89 Å². The fraction of sp³-hybridized carbons (Fsp3) is 0.167. The minimum Gasteiger partial charge on any atom is -0.493 e. The lowest BCUT2D eigenvalue weighted by atomic mass is 10.2. The molecule has 6 nitrogen and oxygen atoms in total. The van der Waals surface area contributed by atoms with Crippen molar-refractivity contribution < 1.29 is 18.7 Å². The van der Waals surface area contributed by atoms with Gasteiger partial charge in [-0.1, -0.05) is 28.1 Å². The Balaban J connectivity index is 1.66. The first-order valence-corrected chi connectivity index (χ1v) is 8.44. The molecule has 0 unspecified atom stereocenters. The van der Waals surface area contributed by atoms with Crippen molar-refractivity contribution in [2.75, 3.05) is 6.61 Å². The minimum atomic E-state index is -0.507. The van der Waals surface area contributed by atoms with Crippen LogP contribution in [0.25, 0.3) is 11.5 Å². The van der Waals surface area contributed by atoms with Crippen molar-refractivity contribution in [2.45, 2.75) is 13.5 Å².